The van der Waals surface area contributed by atoms with Crippen LogP contribution in [0, 0.1) is 5.82 Å². The summed E-state index contributed by atoms with van der Waals surface area (Å²) < 4.78 is 29.4. The van der Waals surface area contributed by atoms with Gasteiger partial charge in [0, 0.05) is 12.6 Å². The number of benzene rings is 1. The summed E-state index contributed by atoms with van der Waals surface area (Å²) in [6.07, 6.45) is 8.12. The highest BCUT2D eigenvalue weighted by molar-refractivity contribution is 6.02. The fourth-order valence-corrected chi connectivity index (χ4v) is 4.87. The molecule has 3 aromatic heterocycles. The van der Waals surface area contributed by atoms with E-state index in [9.17, 15) is 9.18 Å². The van der Waals surface area contributed by atoms with E-state index in [1.54, 1.807) is 12.4 Å². The van der Waals surface area contributed by atoms with Gasteiger partial charge in [-0.15, -0.1) is 0 Å². The molecular formula is C24H26FN7O3. The van der Waals surface area contributed by atoms with Gasteiger partial charge in [0.15, 0.2) is 17.0 Å². The predicted octanol–water partition coefficient (Wildman–Crippen LogP) is 4.31. The molecule has 6 rings (SSSR count). The van der Waals surface area contributed by atoms with E-state index in [-0.39, 0.29) is 23.9 Å². The van der Waals surface area contributed by atoms with Crippen LogP contribution < -0.4 is 5.32 Å². The molecule has 4 heterocycles. The Labute approximate surface area is 200 Å². The van der Waals surface area contributed by atoms with Crippen LogP contribution in [0.25, 0.3) is 22.2 Å². The lowest BCUT2D eigenvalue weighted by molar-refractivity contribution is -0.0298. The Morgan fingerprint density at radius 2 is 2.09 bits per heavy atom. The maximum Gasteiger partial charge on any atom is 0.343 e. The number of carbonyl (C=O) groups is 1. The normalized spacial score (nSPS) is 19.2. The fraction of sp³-hybridized carbons (Fsp3) is 0.458. The second-order valence-electron chi connectivity index (χ2n) is 9.09. The van der Waals surface area contributed by atoms with Crippen molar-refractivity contribution in [3.05, 3.63) is 42.0 Å². The zero-order valence-electron chi connectivity index (χ0n) is 19.6. The zero-order valence-corrected chi connectivity index (χ0v) is 19.6. The lowest BCUT2D eigenvalue weighted by Gasteiger charge is -2.23. The summed E-state index contributed by atoms with van der Waals surface area (Å²) in [7, 11) is 1.25. The highest BCUT2D eigenvalue weighted by Gasteiger charge is 2.33. The SMILES string of the molecule is COC(=O)c1c(F)ccc2nc(C(C)Nc3ncnc4c3ncn4C3CCCCO3)n(C3CC3)c12. The number of carbonyl (C=O) groups excluding carboxylic acids is 1. The second kappa shape index (κ2) is 8.56. The molecule has 10 nitrogen and oxygen atoms in total. The number of hydrogen-bond donors (Lipinski definition) is 1. The third kappa shape index (κ3) is 3.70. The van der Waals surface area contributed by atoms with E-state index < -0.39 is 11.8 Å². The first-order valence-electron chi connectivity index (χ1n) is 11.9. The maximum atomic E-state index is 14.7. The number of aromatic nitrogens is 6. The van der Waals surface area contributed by atoms with E-state index >= 15 is 0 Å². The first-order chi connectivity index (χ1) is 17.1. The van der Waals surface area contributed by atoms with Crippen LogP contribution in [0.15, 0.2) is 24.8 Å². The number of nitrogens with one attached hydrogen (secondary N) is 1. The first-order valence-corrected chi connectivity index (χ1v) is 11.9. The quantitative estimate of drug-likeness (QED) is 0.408. The molecule has 0 bridgehead atoms. The summed E-state index contributed by atoms with van der Waals surface area (Å²) in [5, 5.41) is 3.42. The monoisotopic (exact) mass is 479 g/mol. The van der Waals surface area contributed by atoms with Gasteiger partial charge in [-0.05, 0) is 51.2 Å². The molecule has 1 aliphatic heterocycles. The fourth-order valence-electron chi connectivity index (χ4n) is 4.87. The van der Waals surface area contributed by atoms with Crippen molar-refractivity contribution in [2.75, 3.05) is 19.0 Å². The van der Waals surface area contributed by atoms with E-state index in [0.29, 0.717) is 33.8 Å². The summed E-state index contributed by atoms with van der Waals surface area (Å²) in [6.45, 7) is 2.69. The van der Waals surface area contributed by atoms with Crippen LogP contribution in [0.5, 0.6) is 0 Å². The van der Waals surface area contributed by atoms with Crippen molar-refractivity contribution in [1.82, 2.24) is 29.1 Å². The number of methoxy groups -OCH3 is 1. The van der Waals surface area contributed by atoms with Crippen molar-refractivity contribution in [3.8, 4) is 0 Å². The Hall–Kier alpha value is -3.60. The summed E-state index contributed by atoms with van der Waals surface area (Å²) in [4.78, 5) is 30.7. The number of nitrogens with zero attached hydrogens (tertiary/aromatic N) is 6. The Morgan fingerprint density at radius 3 is 2.83 bits per heavy atom. The second-order valence-corrected chi connectivity index (χ2v) is 9.09. The summed E-state index contributed by atoms with van der Waals surface area (Å²) >= 11 is 0. The summed E-state index contributed by atoms with van der Waals surface area (Å²) in [5.74, 6) is -0.0627. The standard InChI is InChI=1S/C24H26FN7O3/c1-13(29-21-19-23(27-11-26-21)31(12-28-19)17-5-3-4-10-35-17)22-30-16-9-8-15(25)18(24(33)34-2)20(16)32(22)14-6-7-14/h8-9,11-14,17H,3-7,10H2,1-2H3,(H,26,27,29). The molecule has 0 spiro atoms. The van der Waals surface area contributed by atoms with Gasteiger partial charge >= 0.3 is 5.97 Å². The van der Waals surface area contributed by atoms with Gasteiger partial charge in [0.1, 0.15) is 29.8 Å². The van der Waals surface area contributed by atoms with Gasteiger partial charge in [-0.3, -0.25) is 4.57 Å². The number of esters is 1. The number of anilines is 1. The maximum absolute atomic E-state index is 14.7. The van der Waals surface area contributed by atoms with Gasteiger partial charge in [-0.25, -0.2) is 29.1 Å². The molecule has 11 heteroatoms. The topological polar surface area (TPSA) is 109 Å². The smallest absolute Gasteiger partial charge is 0.343 e. The lowest BCUT2D eigenvalue weighted by atomic mass is 10.1. The van der Waals surface area contributed by atoms with Crippen molar-refractivity contribution < 1.29 is 18.7 Å². The van der Waals surface area contributed by atoms with Crippen molar-refractivity contribution in [3.63, 3.8) is 0 Å². The summed E-state index contributed by atoms with van der Waals surface area (Å²) in [5.41, 5.74) is 2.28. The molecule has 182 valence electrons. The molecule has 1 aromatic carbocycles. The minimum Gasteiger partial charge on any atom is -0.465 e. The van der Waals surface area contributed by atoms with Gasteiger partial charge in [0.25, 0.3) is 0 Å². The highest BCUT2D eigenvalue weighted by Crippen LogP contribution is 2.42. The lowest BCUT2D eigenvalue weighted by Crippen LogP contribution is -2.18. The third-order valence-corrected chi connectivity index (χ3v) is 6.70. The summed E-state index contributed by atoms with van der Waals surface area (Å²) in [6, 6.07) is 2.71. The van der Waals surface area contributed by atoms with Crippen LogP contribution >= 0.6 is 0 Å². The zero-order chi connectivity index (χ0) is 24.1. The average Bonchev–Trinajstić information content (AvgIpc) is 3.50. The predicted molar refractivity (Wildman–Crippen MR) is 126 cm³/mol. The molecule has 0 radical (unpaired) electrons. The minimum atomic E-state index is -0.713. The molecule has 35 heavy (non-hydrogen) atoms. The Kier molecular flexibility index (Phi) is 5.36. The van der Waals surface area contributed by atoms with Crippen LogP contribution in [0.3, 0.4) is 0 Å². The van der Waals surface area contributed by atoms with Gasteiger partial charge in [0.2, 0.25) is 0 Å². The molecule has 1 saturated carbocycles. The Balaban J connectivity index is 1.39. The van der Waals surface area contributed by atoms with E-state index in [1.165, 1.54) is 19.5 Å². The Morgan fingerprint density at radius 1 is 1.23 bits per heavy atom. The first kappa shape index (κ1) is 21.9. The van der Waals surface area contributed by atoms with Crippen LogP contribution in [-0.2, 0) is 9.47 Å². The average molecular weight is 480 g/mol. The largest absolute Gasteiger partial charge is 0.465 e. The van der Waals surface area contributed by atoms with Crippen molar-refractivity contribution in [1.29, 1.82) is 0 Å². The molecule has 2 fully saturated rings. The number of rotatable bonds is 6. The van der Waals surface area contributed by atoms with Crippen molar-refractivity contribution >= 4 is 34.0 Å². The van der Waals surface area contributed by atoms with Gasteiger partial charge in [-0.2, -0.15) is 0 Å². The van der Waals surface area contributed by atoms with E-state index in [1.807, 2.05) is 16.1 Å². The number of fused-ring (bicyclic) bond motifs is 2. The number of hydrogen-bond acceptors (Lipinski definition) is 8. The Bertz CT molecular complexity index is 1420. The van der Waals surface area contributed by atoms with Crippen LogP contribution in [-0.4, -0.2) is 48.8 Å². The van der Waals surface area contributed by atoms with Gasteiger partial charge in [-0.1, -0.05) is 0 Å². The van der Waals surface area contributed by atoms with Crippen LogP contribution in [0.4, 0.5) is 10.2 Å². The number of halogens is 1. The molecule has 2 unspecified atom stereocenters. The molecule has 4 aromatic rings. The molecule has 2 atom stereocenters. The molecule has 2 aliphatic rings. The highest BCUT2D eigenvalue weighted by atomic mass is 19.1. The third-order valence-electron chi connectivity index (χ3n) is 6.70. The molecule has 1 N–H and O–H groups in total. The van der Waals surface area contributed by atoms with E-state index in [0.717, 1.165) is 38.7 Å². The van der Waals surface area contributed by atoms with Gasteiger partial charge < -0.3 is 19.4 Å². The van der Waals surface area contributed by atoms with Gasteiger partial charge in [0.05, 0.1) is 30.5 Å². The van der Waals surface area contributed by atoms with E-state index in [4.69, 9.17) is 14.5 Å². The minimum absolute atomic E-state index is 0.0837. The molecule has 1 aliphatic carbocycles. The number of imidazole rings is 2. The van der Waals surface area contributed by atoms with Crippen molar-refractivity contribution in [2.24, 2.45) is 0 Å². The molecule has 1 saturated heterocycles. The van der Waals surface area contributed by atoms with Crippen LogP contribution in [0.2, 0.25) is 0 Å². The number of ether oxygens (including phenoxy) is 2. The molecular weight excluding hydrogens is 453 g/mol. The molecule has 0 amide bonds. The van der Waals surface area contributed by atoms with Crippen molar-refractivity contribution in [2.45, 2.75) is 57.3 Å². The van der Waals surface area contributed by atoms with Crippen LogP contribution in [0.1, 0.15) is 73.5 Å². The van der Waals surface area contributed by atoms with E-state index in [2.05, 4.69) is 20.3 Å².